The van der Waals surface area contributed by atoms with E-state index in [1.54, 1.807) is 27.7 Å². The first kappa shape index (κ1) is 31.4. The first-order valence-corrected chi connectivity index (χ1v) is 12.6. The van der Waals surface area contributed by atoms with E-state index in [-0.39, 0.29) is 18.3 Å². The van der Waals surface area contributed by atoms with Crippen LogP contribution in [0.25, 0.3) is 0 Å². The van der Waals surface area contributed by atoms with E-state index in [2.05, 4.69) is 10.2 Å². The summed E-state index contributed by atoms with van der Waals surface area (Å²) < 4.78 is 29.6. The number of amides is 1. The molecule has 1 heterocycles. The first-order chi connectivity index (χ1) is 17.1. The van der Waals surface area contributed by atoms with Crippen molar-refractivity contribution in [2.24, 2.45) is 11.8 Å². The quantitative estimate of drug-likeness (QED) is 0.148. The molecule has 13 nitrogen and oxygen atoms in total. The van der Waals surface area contributed by atoms with Crippen LogP contribution in [-0.4, -0.2) is 99.0 Å². The summed E-state index contributed by atoms with van der Waals surface area (Å²) >= 11 is 0.578. The van der Waals surface area contributed by atoms with Gasteiger partial charge in [0.05, 0.1) is 31.7 Å². The van der Waals surface area contributed by atoms with Gasteiger partial charge in [-0.1, -0.05) is 27.7 Å². The van der Waals surface area contributed by atoms with Gasteiger partial charge in [0.1, 0.15) is 6.04 Å². The molecule has 1 amide bonds. The van der Waals surface area contributed by atoms with E-state index in [0.717, 1.165) is 13.1 Å². The molecule has 1 atom stereocenters. The maximum Gasteiger partial charge on any atom is 0.410 e. The molecule has 1 fully saturated rings. The zero-order chi connectivity index (χ0) is 26.9. The standard InChI is InChI=1S/C22H36N2O11S/c1-15(2)18(25)32-13-34-21(28)23-17(12-36-22(29)35-14-33-19(26)16(3)4)20(27)31-9-5-6-24-7-10-30-11-8-24/h15-17H,5-14H2,1-4H3,(H,23,28)/t17-/m0/s1. The van der Waals surface area contributed by atoms with Gasteiger partial charge in [-0.25, -0.2) is 14.4 Å². The normalized spacial score (nSPS) is 14.6. The molecule has 14 heteroatoms. The van der Waals surface area contributed by atoms with E-state index in [4.69, 9.17) is 28.4 Å². The van der Waals surface area contributed by atoms with Crippen LogP contribution >= 0.6 is 11.8 Å². The lowest BCUT2D eigenvalue weighted by Crippen LogP contribution is -2.44. The second-order valence-corrected chi connectivity index (χ2v) is 9.24. The number of rotatable bonds is 14. The molecule has 1 N–H and O–H groups in total. The van der Waals surface area contributed by atoms with Crippen molar-refractivity contribution in [1.29, 1.82) is 0 Å². The average molecular weight is 537 g/mol. The summed E-state index contributed by atoms with van der Waals surface area (Å²) in [5.74, 6) is -2.89. The van der Waals surface area contributed by atoms with Crippen LogP contribution in [0, 0.1) is 11.8 Å². The molecular weight excluding hydrogens is 500 g/mol. The number of ether oxygens (including phenoxy) is 6. The molecule has 0 bridgehead atoms. The zero-order valence-corrected chi connectivity index (χ0v) is 22.0. The molecule has 0 unspecified atom stereocenters. The molecule has 0 radical (unpaired) electrons. The van der Waals surface area contributed by atoms with Crippen LogP contribution in [0.5, 0.6) is 0 Å². The predicted molar refractivity (Wildman–Crippen MR) is 127 cm³/mol. The Balaban J connectivity index is 2.51. The molecule has 0 aliphatic carbocycles. The number of hydrogen-bond acceptors (Lipinski definition) is 13. The Morgan fingerprint density at radius 3 is 2.00 bits per heavy atom. The lowest BCUT2D eigenvalue weighted by atomic mass is 10.2. The number of morpholine rings is 1. The third-order valence-electron chi connectivity index (χ3n) is 4.62. The summed E-state index contributed by atoms with van der Waals surface area (Å²) in [4.78, 5) is 61.6. The molecule has 0 aromatic rings. The van der Waals surface area contributed by atoms with Gasteiger partial charge < -0.3 is 33.7 Å². The SMILES string of the molecule is CC(C)C(=O)OCOC(=O)N[C@@H](CSC(=O)OCOC(=O)C(C)C)C(=O)OCCCN1CCOCC1. The van der Waals surface area contributed by atoms with Crippen molar-refractivity contribution in [2.75, 3.05) is 58.8 Å². The van der Waals surface area contributed by atoms with Crippen LogP contribution < -0.4 is 5.32 Å². The predicted octanol–water partition coefficient (Wildman–Crippen LogP) is 1.53. The van der Waals surface area contributed by atoms with E-state index in [9.17, 15) is 24.0 Å². The Hall–Kier alpha value is -2.58. The zero-order valence-electron chi connectivity index (χ0n) is 21.1. The highest BCUT2D eigenvalue weighted by Gasteiger charge is 2.25. The highest BCUT2D eigenvalue weighted by atomic mass is 32.2. The van der Waals surface area contributed by atoms with Gasteiger partial charge in [0, 0.05) is 25.4 Å². The minimum absolute atomic E-state index is 0.107. The minimum atomic E-state index is -1.25. The van der Waals surface area contributed by atoms with E-state index in [1.165, 1.54) is 0 Å². The number of nitrogens with zero attached hydrogens (tertiary/aromatic N) is 1. The van der Waals surface area contributed by atoms with Crippen molar-refractivity contribution in [2.45, 2.75) is 40.2 Å². The molecule has 1 rings (SSSR count). The number of hydrogen-bond donors (Lipinski definition) is 1. The maximum atomic E-state index is 12.5. The maximum absolute atomic E-state index is 12.5. The number of alkyl carbamates (subject to hydrolysis) is 1. The third kappa shape index (κ3) is 14.1. The van der Waals surface area contributed by atoms with Crippen LogP contribution in [0.3, 0.4) is 0 Å². The monoisotopic (exact) mass is 536 g/mol. The second-order valence-electron chi connectivity index (χ2n) is 8.28. The molecule has 36 heavy (non-hydrogen) atoms. The second kappa shape index (κ2) is 17.8. The van der Waals surface area contributed by atoms with Gasteiger partial charge in [0.15, 0.2) is 0 Å². The Labute approximate surface area is 214 Å². The lowest BCUT2D eigenvalue weighted by molar-refractivity contribution is -0.156. The van der Waals surface area contributed by atoms with Gasteiger partial charge >= 0.3 is 29.3 Å². The van der Waals surface area contributed by atoms with Crippen molar-refractivity contribution in [1.82, 2.24) is 10.2 Å². The van der Waals surface area contributed by atoms with Crippen molar-refractivity contribution in [3.05, 3.63) is 0 Å². The Morgan fingerprint density at radius 2 is 1.42 bits per heavy atom. The van der Waals surface area contributed by atoms with Crippen LogP contribution in [0.2, 0.25) is 0 Å². The minimum Gasteiger partial charge on any atom is -0.464 e. The summed E-state index contributed by atoms with van der Waals surface area (Å²) in [5, 5.41) is 1.47. The number of carbonyl (C=O) groups is 5. The summed E-state index contributed by atoms with van der Waals surface area (Å²) in [6, 6.07) is -1.25. The summed E-state index contributed by atoms with van der Waals surface area (Å²) in [6.07, 6.45) is -0.466. The fraction of sp³-hybridized carbons (Fsp3) is 0.773. The van der Waals surface area contributed by atoms with Crippen LogP contribution in [-0.2, 0) is 42.8 Å². The van der Waals surface area contributed by atoms with Crippen LogP contribution in [0.15, 0.2) is 0 Å². The largest absolute Gasteiger partial charge is 0.464 e. The topological polar surface area (TPSA) is 156 Å². The third-order valence-corrected chi connectivity index (χ3v) is 5.48. The van der Waals surface area contributed by atoms with Crippen molar-refractivity contribution < 1.29 is 52.4 Å². The van der Waals surface area contributed by atoms with Crippen LogP contribution in [0.1, 0.15) is 34.1 Å². The number of thioether (sulfide) groups is 1. The summed E-state index contributed by atoms with van der Waals surface area (Å²) in [7, 11) is 0. The Bertz CT molecular complexity index is 727. The van der Waals surface area contributed by atoms with Crippen molar-refractivity contribution in [3.8, 4) is 0 Å². The molecular formula is C22H36N2O11S. The van der Waals surface area contributed by atoms with Gasteiger partial charge in [0.2, 0.25) is 13.6 Å². The molecule has 0 aromatic carbocycles. The van der Waals surface area contributed by atoms with E-state index >= 15 is 0 Å². The molecule has 0 spiro atoms. The molecule has 1 saturated heterocycles. The molecule has 1 aliphatic rings. The smallest absolute Gasteiger partial charge is 0.410 e. The van der Waals surface area contributed by atoms with Gasteiger partial charge in [0.25, 0.3) is 0 Å². The van der Waals surface area contributed by atoms with Crippen molar-refractivity contribution >= 4 is 41.1 Å². The highest BCUT2D eigenvalue weighted by molar-refractivity contribution is 8.13. The molecule has 0 aromatic heterocycles. The van der Waals surface area contributed by atoms with E-state index < -0.39 is 54.8 Å². The lowest BCUT2D eigenvalue weighted by Gasteiger charge is -2.26. The number of esters is 3. The van der Waals surface area contributed by atoms with Gasteiger partial charge in [-0.15, -0.1) is 0 Å². The molecule has 0 saturated carbocycles. The first-order valence-electron chi connectivity index (χ1n) is 11.6. The molecule has 1 aliphatic heterocycles. The number of carbonyl (C=O) groups excluding carboxylic acids is 5. The fourth-order valence-electron chi connectivity index (χ4n) is 2.54. The Morgan fingerprint density at radius 1 is 0.833 bits per heavy atom. The van der Waals surface area contributed by atoms with E-state index in [0.29, 0.717) is 37.9 Å². The molecule has 206 valence electrons. The van der Waals surface area contributed by atoms with E-state index in [1.807, 2.05) is 0 Å². The van der Waals surface area contributed by atoms with Crippen LogP contribution in [0.4, 0.5) is 9.59 Å². The fourth-order valence-corrected chi connectivity index (χ4v) is 3.20. The summed E-state index contributed by atoms with van der Waals surface area (Å²) in [6.45, 7) is 9.03. The van der Waals surface area contributed by atoms with Gasteiger partial charge in [-0.05, 0) is 18.2 Å². The summed E-state index contributed by atoms with van der Waals surface area (Å²) in [5.41, 5.74) is 0. The van der Waals surface area contributed by atoms with Gasteiger partial charge in [-0.3, -0.25) is 14.5 Å². The Kier molecular flexibility index (Phi) is 15.5. The highest BCUT2D eigenvalue weighted by Crippen LogP contribution is 2.10. The number of nitrogens with one attached hydrogen (secondary N) is 1. The average Bonchev–Trinajstić information content (AvgIpc) is 2.84. The van der Waals surface area contributed by atoms with Gasteiger partial charge in [-0.2, -0.15) is 0 Å². The van der Waals surface area contributed by atoms with Crippen molar-refractivity contribution in [3.63, 3.8) is 0 Å².